The highest BCUT2D eigenvalue weighted by molar-refractivity contribution is 5.94. The molecule has 0 aliphatic rings. The van der Waals surface area contributed by atoms with Crippen molar-refractivity contribution in [1.82, 2.24) is 5.32 Å². The molecule has 1 aromatic rings. The van der Waals surface area contributed by atoms with E-state index in [0.29, 0.717) is 17.9 Å². The maximum atomic E-state index is 11.8. The Hall–Kier alpha value is -2.04. The first kappa shape index (κ1) is 14.0. The van der Waals surface area contributed by atoms with Gasteiger partial charge < -0.3 is 15.8 Å². The fourth-order valence-corrected chi connectivity index (χ4v) is 1.36. The number of hydrogen-bond donors (Lipinski definition) is 2. The largest absolute Gasteiger partial charge is 0.484 e. The minimum Gasteiger partial charge on any atom is -0.484 e. The third-order valence-electron chi connectivity index (χ3n) is 2.29. The predicted octanol–water partition coefficient (Wildman–Crippen LogP) is 1.08. The molecule has 0 aliphatic heterocycles. The summed E-state index contributed by atoms with van der Waals surface area (Å²) in [5.41, 5.74) is 5.48. The number of carbonyl (C=O) groups excluding carboxylic acids is 2. The summed E-state index contributed by atoms with van der Waals surface area (Å²) in [6, 6.07) is 6.65. The first-order valence-corrected chi connectivity index (χ1v) is 5.93. The lowest BCUT2D eigenvalue weighted by Crippen LogP contribution is -2.24. The van der Waals surface area contributed by atoms with Crippen molar-refractivity contribution in [2.75, 3.05) is 13.2 Å². The van der Waals surface area contributed by atoms with Crippen LogP contribution in [0.2, 0.25) is 0 Å². The molecule has 0 saturated carbocycles. The van der Waals surface area contributed by atoms with Gasteiger partial charge in [-0.2, -0.15) is 0 Å². The number of ether oxygens (including phenoxy) is 1. The summed E-state index contributed by atoms with van der Waals surface area (Å²) in [6.45, 7) is 2.52. The molecule has 0 spiro atoms. The van der Waals surface area contributed by atoms with Gasteiger partial charge in [-0.15, -0.1) is 0 Å². The van der Waals surface area contributed by atoms with Gasteiger partial charge in [-0.25, -0.2) is 0 Å². The summed E-state index contributed by atoms with van der Waals surface area (Å²) in [7, 11) is 0. The van der Waals surface area contributed by atoms with Crippen molar-refractivity contribution in [2.24, 2.45) is 5.73 Å². The summed E-state index contributed by atoms with van der Waals surface area (Å²) in [5.74, 6) is -0.238. The van der Waals surface area contributed by atoms with Crippen LogP contribution in [0.25, 0.3) is 0 Å². The van der Waals surface area contributed by atoms with Gasteiger partial charge in [0, 0.05) is 12.1 Å². The van der Waals surface area contributed by atoms with Crippen LogP contribution in [-0.4, -0.2) is 25.0 Å². The van der Waals surface area contributed by atoms with E-state index in [1.54, 1.807) is 24.3 Å². The number of benzene rings is 1. The molecule has 0 bridgehead atoms. The number of unbranched alkanes of at least 4 members (excludes halogenated alkanes) is 1. The second kappa shape index (κ2) is 7.32. The topological polar surface area (TPSA) is 81.4 Å². The molecule has 0 heterocycles. The molecule has 3 N–H and O–H groups in total. The summed E-state index contributed by atoms with van der Waals surface area (Å²) < 4.78 is 5.13. The number of amides is 2. The van der Waals surface area contributed by atoms with Gasteiger partial charge in [0.25, 0.3) is 11.8 Å². The van der Waals surface area contributed by atoms with Crippen LogP contribution >= 0.6 is 0 Å². The van der Waals surface area contributed by atoms with Crippen LogP contribution in [0.3, 0.4) is 0 Å². The van der Waals surface area contributed by atoms with E-state index in [1.807, 2.05) is 0 Å². The second-order valence-electron chi connectivity index (χ2n) is 3.89. The van der Waals surface area contributed by atoms with Crippen LogP contribution in [0.15, 0.2) is 24.3 Å². The van der Waals surface area contributed by atoms with Crippen molar-refractivity contribution in [1.29, 1.82) is 0 Å². The molecule has 0 atom stereocenters. The second-order valence-corrected chi connectivity index (χ2v) is 3.89. The van der Waals surface area contributed by atoms with Gasteiger partial charge in [0.1, 0.15) is 5.75 Å². The van der Waals surface area contributed by atoms with Crippen LogP contribution in [0, 0.1) is 0 Å². The first-order chi connectivity index (χ1) is 8.63. The van der Waals surface area contributed by atoms with E-state index in [-0.39, 0.29) is 12.5 Å². The van der Waals surface area contributed by atoms with E-state index < -0.39 is 5.91 Å². The number of rotatable bonds is 7. The van der Waals surface area contributed by atoms with Gasteiger partial charge in [-0.3, -0.25) is 9.59 Å². The lowest BCUT2D eigenvalue weighted by atomic mass is 10.2. The standard InChI is InChI=1S/C13H18N2O3/c1-2-3-7-15-13(17)10-5-4-6-11(8-10)18-9-12(14)16/h4-6,8H,2-3,7,9H2,1H3,(H2,14,16)(H,15,17). The minimum atomic E-state index is -0.548. The van der Waals surface area contributed by atoms with Gasteiger partial charge in [0.15, 0.2) is 6.61 Å². The van der Waals surface area contributed by atoms with Crippen LogP contribution in [0.4, 0.5) is 0 Å². The maximum Gasteiger partial charge on any atom is 0.255 e. The van der Waals surface area contributed by atoms with E-state index in [1.165, 1.54) is 0 Å². The van der Waals surface area contributed by atoms with Crippen molar-refractivity contribution in [3.05, 3.63) is 29.8 Å². The monoisotopic (exact) mass is 250 g/mol. The van der Waals surface area contributed by atoms with Crippen molar-refractivity contribution >= 4 is 11.8 Å². The number of hydrogen-bond acceptors (Lipinski definition) is 3. The average molecular weight is 250 g/mol. The Morgan fingerprint density at radius 2 is 2.17 bits per heavy atom. The van der Waals surface area contributed by atoms with Crippen LogP contribution in [0.5, 0.6) is 5.75 Å². The van der Waals surface area contributed by atoms with Gasteiger partial charge in [0.2, 0.25) is 0 Å². The zero-order valence-electron chi connectivity index (χ0n) is 10.4. The fraction of sp³-hybridized carbons (Fsp3) is 0.385. The molecule has 18 heavy (non-hydrogen) atoms. The molecule has 1 rings (SSSR count). The van der Waals surface area contributed by atoms with Crippen LogP contribution in [0.1, 0.15) is 30.1 Å². The van der Waals surface area contributed by atoms with Gasteiger partial charge in [-0.05, 0) is 24.6 Å². The summed E-state index contributed by atoms with van der Waals surface area (Å²) in [6.07, 6.45) is 1.98. The highest BCUT2D eigenvalue weighted by Crippen LogP contribution is 2.13. The SMILES string of the molecule is CCCCNC(=O)c1cccc(OCC(N)=O)c1. The smallest absolute Gasteiger partial charge is 0.255 e. The Bertz CT molecular complexity index is 418. The van der Waals surface area contributed by atoms with Crippen molar-refractivity contribution in [3.63, 3.8) is 0 Å². The Morgan fingerprint density at radius 3 is 2.83 bits per heavy atom. The number of primary amides is 1. The van der Waals surface area contributed by atoms with Crippen molar-refractivity contribution in [2.45, 2.75) is 19.8 Å². The molecule has 2 amide bonds. The van der Waals surface area contributed by atoms with E-state index in [9.17, 15) is 9.59 Å². The molecular formula is C13H18N2O3. The number of nitrogens with one attached hydrogen (secondary N) is 1. The molecule has 0 aliphatic carbocycles. The summed E-state index contributed by atoms with van der Waals surface area (Å²) in [4.78, 5) is 22.3. The predicted molar refractivity (Wildman–Crippen MR) is 68.4 cm³/mol. The molecule has 0 fully saturated rings. The maximum absolute atomic E-state index is 11.8. The Balaban J connectivity index is 2.57. The van der Waals surface area contributed by atoms with Crippen LogP contribution in [-0.2, 0) is 4.79 Å². The number of nitrogens with two attached hydrogens (primary N) is 1. The molecule has 98 valence electrons. The first-order valence-electron chi connectivity index (χ1n) is 5.93. The molecule has 5 heteroatoms. The zero-order chi connectivity index (χ0) is 13.4. The molecular weight excluding hydrogens is 232 g/mol. The Labute approximate surface area is 106 Å². The lowest BCUT2D eigenvalue weighted by molar-refractivity contribution is -0.119. The van der Waals surface area contributed by atoms with Gasteiger partial charge in [0.05, 0.1) is 0 Å². The van der Waals surface area contributed by atoms with E-state index in [2.05, 4.69) is 12.2 Å². The highest BCUT2D eigenvalue weighted by Gasteiger charge is 2.06. The highest BCUT2D eigenvalue weighted by atomic mass is 16.5. The van der Waals surface area contributed by atoms with Crippen molar-refractivity contribution < 1.29 is 14.3 Å². The molecule has 0 unspecified atom stereocenters. The lowest BCUT2D eigenvalue weighted by Gasteiger charge is -2.07. The molecule has 1 aromatic carbocycles. The summed E-state index contributed by atoms with van der Waals surface area (Å²) >= 11 is 0. The summed E-state index contributed by atoms with van der Waals surface area (Å²) in [5, 5.41) is 2.81. The van der Waals surface area contributed by atoms with E-state index in [4.69, 9.17) is 10.5 Å². The quantitative estimate of drug-likeness (QED) is 0.710. The van der Waals surface area contributed by atoms with Gasteiger partial charge >= 0.3 is 0 Å². The van der Waals surface area contributed by atoms with Crippen LogP contribution < -0.4 is 15.8 Å². The Kier molecular flexibility index (Phi) is 5.70. The third kappa shape index (κ3) is 4.86. The molecule has 0 aromatic heterocycles. The van der Waals surface area contributed by atoms with Gasteiger partial charge in [-0.1, -0.05) is 19.4 Å². The molecule has 0 radical (unpaired) electrons. The molecule has 5 nitrogen and oxygen atoms in total. The molecule has 0 saturated heterocycles. The fourth-order valence-electron chi connectivity index (χ4n) is 1.36. The van der Waals surface area contributed by atoms with E-state index >= 15 is 0 Å². The number of carbonyl (C=O) groups is 2. The zero-order valence-corrected chi connectivity index (χ0v) is 10.4. The normalized spacial score (nSPS) is 9.83. The Morgan fingerprint density at radius 1 is 1.39 bits per heavy atom. The minimum absolute atomic E-state index is 0.145. The average Bonchev–Trinajstić information content (AvgIpc) is 2.37. The van der Waals surface area contributed by atoms with Crippen molar-refractivity contribution in [3.8, 4) is 5.75 Å². The van der Waals surface area contributed by atoms with E-state index in [0.717, 1.165) is 12.8 Å². The third-order valence-corrected chi connectivity index (χ3v) is 2.29.